The summed E-state index contributed by atoms with van der Waals surface area (Å²) in [5.74, 6) is 0.847. The Balaban J connectivity index is 1.70. The van der Waals surface area contributed by atoms with Crippen LogP contribution in [0.15, 0.2) is 0 Å². The molecule has 0 spiro atoms. The second-order valence-corrected chi connectivity index (χ2v) is 6.94. The molecule has 0 radical (unpaired) electrons. The minimum absolute atomic E-state index is 0.0753. The molecule has 5 heteroatoms. The van der Waals surface area contributed by atoms with Crippen molar-refractivity contribution in [2.75, 3.05) is 18.1 Å². The minimum atomic E-state index is -3.00. The predicted molar refractivity (Wildman–Crippen MR) is 58.4 cm³/mol. The summed E-state index contributed by atoms with van der Waals surface area (Å²) >= 11 is 0. The van der Waals surface area contributed by atoms with Gasteiger partial charge in [-0.3, -0.25) is 0 Å². The molecular formula is C10H19NO3S. The molecule has 0 bridgehead atoms. The zero-order valence-corrected chi connectivity index (χ0v) is 9.67. The van der Waals surface area contributed by atoms with Crippen LogP contribution in [0.1, 0.15) is 25.7 Å². The van der Waals surface area contributed by atoms with E-state index in [4.69, 9.17) is 0 Å². The molecule has 2 aliphatic rings. The van der Waals surface area contributed by atoms with Gasteiger partial charge in [-0.1, -0.05) is 19.3 Å². The molecule has 1 aliphatic heterocycles. The summed E-state index contributed by atoms with van der Waals surface area (Å²) in [6.07, 6.45) is 4.37. The molecule has 2 unspecified atom stereocenters. The number of aliphatic hydroxyl groups is 1. The van der Waals surface area contributed by atoms with Gasteiger partial charge in [-0.15, -0.1) is 0 Å². The molecule has 1 saturated carbocycles. The fraction of sp³-hybridized carbons (Fsp3) is 1.00. The Labute approximate surface area is 91.0 Å². The first-order chi connectivity index (χ1) is 7.07. The Kier molecular flexibility index (Phi) is 3.33. The third-order valence-electron chi connectivity index (χ3n) is 3.51. The Hall–Kier alpha value is -0.130. The molecule has 1 aliphatic carbocycles. The molecular weight excluding hydrogens is 214 g/mol. The van der Waals surface area contributed by atoms with Crippen molar-refractivity contribution in [1.82, 2.24) is 5.32 Å². The van der Waals surface area contributed by atoms with Gasteiger partial charge in [-0.2, -0.15) is 0 Å². The van der Waals surface area contributed by atoms with Gasteiger partial charge in [0.1, 0.15) is 0 Å². The minimum Gasteiger partial charge on any atom is -0.390 e. The van der Waals surface area contributed by atoms with Gasteiger partial charge in [-0.25, -0.2) is 8.42 Å². The lowest BCUT2D eigenvalue weighted by Gasteiger charge is -2.26. The van der Waals surface area contributed by atoms with E-state index < -0.39 is 15.9 Å². The number of hydrogen-bond donors (Lipinski definition) is 2. The number of sulfone groups is 1. The standard InChI is InChI=1S/C10H19NO3S/c12-10-7-15(13,14)6-9(10)11-5-4-8-2-1-3-8/h8-12H,1-7H2. The number of hydrogen-bond acceptors (Lipinski definition) is 4. The molecule has 4 nitrogen and oxygen atoms in total. The molecule has 0 aromatic heterocycles. The van der Waals surface area contributed by atoms with E-state index >= 15 is 0 Å². The first-order valence-corrected chi connectivity index (χ1v) is 7.51. The van der Waals surface area contributed by atoms with E-state index in [2.05, 4.69) is 5.32 Å². The van der Waals surface area contributed by atoms with E-state index in [1.54, 1.807) is 0 Å². The van der Waals surface area contributed by atoms with E-state index in [-0.39, 0.29) is 17.5 Å². The molecule has 2 rings (SSSR count). The monoisotopic (exact) mass is 233 g/mol. The third kappa shape index (κ3) is 2.92. The Bertz CT molecular complexity index is 311. The topological polar surface area (TPSA) is 66.4 Å². The first kappa shape index (κ1) is 11.4. The third-order valence-corrected chi connectivity index (χ3v) is 5.22. The van der Waals surface area contributed by atoms with Crippen molar-refractivity contribution in [3.8, 4) is 0 Å². The predicted octanol–water partition coefficient (Wildman–Crippen LogP) is -0.0759. The van der Waals surface area contributed by atoms with Gasteiger partial charge in [0, 0.05) is 6.04 Å². The van der Waals surface area contributed by atoms with Crippen LogP contribution in [0.4, 0.5) is 0 Å². The average Bonchev–Trinajstić information content (AvgIpc) is 2.30. The van der Waals surface area contributed by atoms with E-state index in [0.29, 0.717) is 0 Å². The van der Waals surface area contributed by atoms with Crippen molar-refractivity contribution in [2.45, 2.75) is 37.8 Å². The van der Waals surface area contributed by atoms with Gasteiger partial charge in [0.15, 0.2) is 9.84 Å². The van der Waals surface area contributed by atoms with E-state index in [0.717, 1.165) is 18.9 Å². The highest BCUT2D eigenvalue weighted by molar-refractivity contribution is 7.91. The van der Waals surface area contributed by atoms with Crippen LogP contribution in [0.25, 0.3) is 0 Å². The summed E-state index contributed by atoms with van der Waals surface area (Å²) in [5, 5.41) is 12.7. The Morgan fingerprint density at radius 3 is 2.47 bits per heavy atom. The Morgan fingerprint density at radius 2 is 2.00 bits per heavy atom. The van der Waals surface area contributed by atoms with E-state index in [1.165, 1.54) is 19.3 Å². The van der Waals surface area contributed by atoms with Crippen LogP contribution in [0.3, 0.4) is 0 Å². The van der Waals surface area contributed by atoms with Gasteiger partial charge in [0.25, 0.3) is 0 Å². The van der Waals surface area contributed by atoms with Crippen molar-refractivity contribution in [3.05, 3.63) is 0 Å². The molecule has 1 saturated heterocycles. The summed E-state index contributed by atoms with van der Waals surface area (Å²) in [7, 11) is -3.00. The van der Waals surface area contributed by atoms with Gasteiger partial charge in [0.05, 0.1) is 17.6 Å². The zero-order valence-electron chi connectivity index (χ0n) is 8.85. The maximum atomic E-state index is 11.2. The Morgan fingerprint density at radius 1 is 1.27 bits per heavy atom. The van der Waals surface area contributed by atoms with E-state index in [9.17, 15) is 13.5 Å². The summed E-state index contributed by atoms with van der Waals surface area (Å²) < 4.78 is 22.4. The quantitative estimate of drug-likeness (QED) is 0.713. The van der Waals surface area contributed by atoms with Crippen molar-refractivity contribution < 1.29 is 13.5 Å². The maximum Gasteiger partial charge on any atom is 0.154 e. The SMILES string of the molecule is O=S1(=O)CC(O)C(NCCC2CCC2)C1. The van der Waals surface area contributed by atoms with Crippen molar-refractivity contribution >= 4 is 9.84 Å². The van der Waals surface area contributed by atoms with Crippen LogP contribution in [-0.4, -0.2) is 43.7 Å². The maximum absolute atomic E-state index is 11.2. The van der Waals surface area contributed by atoms with Crippen molar-refractivity contribution in [3.63, 3.8) is 0 Å². The lowest BCUT2D eigenvalue weighted by atomic mass is 9.83. The highest BCUT2D eigenvalue weighted by Gasteiger charge is 2.35. The normalized spacial score (nSPS) is 35.3. The van der Waals surface area contributed by atoms with Gasteiger partial charge in [0.2, 0.25) is 0 Å². The van der Waals surface area contributed by atoms with Crippen LogP contribution in [0, 0.1) is 5.92 Å². The lowest BCUT2D eigenvalue weighted by Crippen LogP contribution is -2.40. The molecule has 2 atom stereocenters. The molecule has 0 amide bonds. The van der Waals surface area contributed by atoms with Crippen LogP contribution < -0.4 is 5.32 Å². The second kappa shape index (κ2) is 4.39. The average molecular weight is 233 g/mol. The summed E-state index contributed by atoms with van der Waals surface area (Å²) in [5.41, 5.74) is 0. The summed E-state index contributed by atoms with van der Waals surface area (Å²) in [4.78, 5) is 0. The molecule has 2 fully saturated rings. The van der Waals surface area contributed by atoms with Gasteiger partial charge < -0.3 is 10.4 Å². The smallest absolute Gasteiger partial charge is 0.154 e. The van der Waals surface area contributed by atoms with Crippen LogP contribution >= 0.6 is 0 Å². The largest absolute Gasteiger partial charge is 0.390 e. The van der Waals surface area contributed by atoms with Crippen molar-refractivity contribution in [1.29, 1.82) is 0 Å². The van der Waals surface area contributed by atoms with E-state index in [1.807, 2.05) is 0 Å². The molecule has 0 aromatic rings. The molecule has 15 heavy (non-hydrogen) atoms. The highest BCUT2D eigenvalue weighted by Crippen LogP contribution is 2.28. The van der Waals surface area contributed by atoms with Crippen molar-refractivity contribution in [2.24, 2.45) is 5.92 Å². The second-order valence-electron chi connectivity index (χ2n) is 4.79. The fourth-order valence-corrected chi connectivity index (χ4v) is 4.05. The van der Waals surface area contributed by atoms with Gasteiger partial charge >= 0.3 is 0 Å². The lowest BCUT2D eigenvalue weighted by molar-refractivity contribution is 0.163. The van der Waals surface area contributed by atoms with Crippen LogP contribution in [-0.2, 0) is 9.84 Å². The number of rotatable bonds is 4. The molecule has 88 valence electrons. The first-order valence-electron chi connectivity index (χ1n) is 5.69. The summed E-state index contributed by atoms with van der Waals surface area (Å²) in [6.45, 7) is 0.835. The molecule has 2 N–H and O–H groups in total. The number of nitrogens with one attached hydrogen (secondary N) is 1. The van der Waals surface area contributed by atoms with Gasteiger partial charge in [-0.05, 0) is 18.9 Å². The van der Waals surface area contributed by atoms with Crippen LogP contribution in [0.2, 0.25) is 0 Å². The fourth-order valence-electron chi connectivity index (χ4n) is 2.28. The number of aliphatic hydroxyl groups excluding tert-OH is 1. The molecule has 1 heterocycles. The van der Waals surface area contributed by atoms with Crippen LogP contribution in [0.5, 0.6) is 0 Å². The zero-order chi connectivity index (χ0) is 10.9. The molecule has 0 aromatic carbocycles. The summed E-state index contributed by atoms with van der Waals surface area (Å²) in [6, 6.07) is -0.241. The highest BCUT2D eigenvalue weighted by atomic mass is 32.2.